The quantitative estimate of drug-likeness (QED) is 0.785. The van der Waals surface area contributed by atoms with Crippen LogP contribution < -0.4 is 0 Å². The number of ether oxygens (including phenoxy) is 1. The lowest BCUT2D eigenvalue weighted by Crippen LogP contribution is -2.00. The fraction of sp³-hybridized carbons (Fsp3) is 0.286. The first-order chi connectivity index (χ1) is 9.06. The molecule has 0 amide bonds. The van der Waals surface area contributed by atoms with Crippen LogP contribution in [0.4, 0.5) is 0 Å². The number of rotatable bonds is 4. The van der Waals surface area contributed by atoms with Gasteiger partial charge in [-0.15, -0.1) is 0 Å². The predicted molar refractivity (Wildman–Crippen MR) is 81.8 cm³/mol. The van der Waals surface area contributed by atoms with Crippen LogP contribution in [0.3, 0.4) is 0 Å². The third kappa shape index (κ3) is 4.09. The zero-order valence-electron chi connectivity index (χ0n) is 10.8. The fourth-order valence-corrected chi connectivity index (χ4v) is 2.05. The van der Waals surface area contributed by atoms with E-state index < -0.39 is 0 Å². The topological polar surface area (TPSA) is 35.0 Å². The molecule has 0 bridgehead atoms. The van der Waals surface area contributed by atoms with E-state index in [-0.39, 0.29) is 0 Å². The second-order valence-electron chi connectivity index (χ2n) is 4.23. The number of nitrogens with zero attached hydrogens (tertiary/aromatic N) is 2. The molecule has 2 aromatic heterocycles. The number of hydrogen-bond acceptors (Lipinski definition) is 3. The molecule has 0 aliphatic rings. The first kappa shape index (κ1) is 14.6. The summed E-state index contributed by atoms with van der Waals surface area (Å²) in [5, 5.41) is 0. The van der Waals surface area contributed by atoms with Gasteiger partial charge in [0.25, 0.3) is 0 Å². The summed E-state index contributed by atoms with van der Waals surface area (Å²) in [4.78, 5) is 8.87. The van der Waals surface area contributed by atoms with Gasteiger partial charge < -0.3 is 4.74 Å². The maximum absolute atomic E-state index is 5.64. The second kappa shape index (κ2) is 6.59. The molecule has 0 aliphatic carbocycles. The van der Waals surface area contributed by atoms with Crippen molar-refractivity contribution in [2.24, 2.45) is 0 Å². The third-order valence-electron chi connectivity index (χ3n) is 2.66. The van der Waals surface area contributed by atoms with Crippen molar-refractivity contribution < 1.29 is 4.74 Å². The maximum atomic E-state index is 5.64. The highest BCUT2D eigenvalue weighted by molar-refractivity contribution is 9.10. The molecule has 0 radical (unpaired) electrons. The highest BCUT2D eigenvalue weighted by Crippen LogP contribution is 2.16. The van der Waals surface area contributed by atoms with Gasteiger partial charge >= 0.3 is 0 Å². The molecule has 2 rings (SSSR count). The van der Waals surface area contributed by atoms with Crippen LogP contribution in [-0.2, 0) is 18.0 Å². The van der Waals surface area contributed by atoms with E-state index in [4.69, 9.17) is 4.74 Å². The molecule has 5 heteroatoms. The van der Waals surface area contributed by atoms with Crippen molar-refractivity contribution in [3.8, 4) is 0 Å². The van der Waals surface area contributed by atoms with Gasteiger partial charge in [0.2, 0.25) is 0 Å². The summed E-state index contributed by atoms with van der Waals surface area (Å²) in [5.74, 6) is 0. The summed E-state index contributed by atoms with van der Waals surface area (Å²) in [6.07, 6.45) is 0. The van der Waals surface area contributed by atoms with Crippen LogP contribution in [0.15, 0.2) is 33.2 Å². The maximum Gasteiger partial charge on any atom is 0.0893 e. The van der Waals surface area contributed by atoms with E-state index in [1.165, 1.54) is 0 Å². The zero-order chi connectivity index (χ0) is 13.8. The van der Waals surface area contributed by atoms with E-state index in [2.05, 4.69) is 41.8 Å². The van der Waals surface area contributed by atoms with Gasteiger partial charge in [0, 0.05) is 8.95 Å². The van der Waals surface area contributed by atoms with Crippen molar-refractivity contribution >= 4 is 31.9 Å². The van der Waals surface area contributed by atoms with Crippen LogP contribution in [0.1, 0.15) is 22.8 Å². The van der Waals surface area contributed by atoms with Crippen LogP contribution in [-0.4, -0.2) is 9.97 Å². The van der Waals surface area contributed by atoms with Crippen molar-refractivity contribution in [2.75, 3.05) is 0 Å². The molecule has 19 heavy (non-hydrogen) atoms. The Morgan fingerprint density at radius 3 is 1.63 bits per heavy atom. The lowest BCUT2D eigenvalue weighted by molar-refractivity contribution is 0.102. The Morgan fingerprint density at radius 1 is 0.842 bits per heavy atom. The largest absolute Gasteiger partial charge is 0.369 e. The Kier molecular flexibility index (Phi) is 5.07. The van der Waals surface area contributed by atoms with E-state index in [1.807, 2.05) is 38.1 Å². The predicted octanol–water partition coefficient (Wildman–Crippen LogP) is 4.34. The van der Waals surface area contributed by atoms with Gasteiger partial charge in [0.1, 0.15) is 0 Å². The molecule has 0 fully saturated rings. The van der Waals surface area contributed by atoms with E-state index in [1.54, 1.807) is 0 Å². The summed E-state index contributed by atoms with van der Waals surface area (Å²) < 4.78 is 7.67. The van der Waals surface area contributed by atoms with Crippen molar-refractivity contribution in [1.29, 1.82) is 0 Å². The zero-order valence-corrected chi connectivity index (χ0v) is 14.0. The lowest BCUT2D eigenvalue weighted by atomic mass is 10.3. The molecule has 0 aromatic carbocycles. The number of hydrogen-bond donors (Lipinski definition) is 0. The molecule has 2 aromatic rings. The molecular formula is C14H14Br2N2O. The summed E-state index contributed by atoms with van der Waals surface area (Å²) in [5.41, 5.74) is 3.79. The molecule has 0 aliphatic heterocycles. The van der Waals surface area contributed by atoms with Crippen LogP contribution >= 0.6 is 31.9 Å². The van der Waals surface area contributed by atoms with Gasteiger partial charge in [-0.25, -0.2) is 0 Å². The highest BCUT2D eigenvalue weighted by atomic mass is 79.9. The molecule has 0 saturated carbocycles. The molecule has 0 saturated heterocycles. The van der Waals surface area contributed by atoms with Gasteiger partial charge in [-0.1, -0.05) is 0 Å². The molecule has 3 nitrogen and oxygen atoms in total. The summed E-state index contributed by atoms with van der Waals surface area (Å²) in [6, 6.07) is 7.89. The monoisotopic (exact) mass is 384 g/mol. The normalized spacial score (nSPS) is 10.7. The van der Waals surface area contributed by atoms with Crippen LogP contribution in [0.2, 0.25) is 0 Å². The minimum Gasteiger partial charge on any atom is -0.369 e. The summed E-state index contributed by atoms with van der Waals surface area (Å²) in [6.45, 7) is 4.91. The van der Waals surface area contributed by atoms with Crippen LogP contribution in [0.25, 0.3) is 0 Å². The van der Waals surface area contributed by atoms with Gasteiger partial charge in [-0.05, 0) is 70.0 Å². The summed E-state index contributed by atoms with van der Waals surface area (Å²) in [7, 11) is 0. The Hall–Kier alpha value is -0.780. The second-order valence-corrected chi connectivity index (χ2v) is 5.94. The van der Waals surface area contributed by atoms with E-state index in [0.717, 1.165) is 31.7 Å². The Morgan fingerprint density at radius 2 is 1.26 bits per heavy atom. The van der Waals surface area contributed by atoms with Crippen molar-refractivity contribution in [3.63, 3.8) is 0 Å². The minimum absolute atomic E-state index is 0.491. The van der Waals surface area contributed by atoms with Gasteiger partial charge in [0.05, 0.1) is 36.0 Å². The van der Waals surface area contributed by atoms with E-state index >= 15 is 0 Å². The molecule has 0 spiro atoms. The number of aromatic nitrogens is 2. The van der Waals surface area contributed by atoms with Crippen LogP contribution in [0, 0.1) is 13.8 Å². The van der Waals surface area contributed by atoms with Gasteiger partial charge in [0.15, 0.2) is 0 Å². The average Bonchev–Trinajstić information content (AvgIpc) is 2.38. The van der Waals surface area contributed by atoms with E-state index in [0.29, 0.717) is 13.2 Å². The van der Waals surface area contributed by atoms with Crippen LogP contribution in [0.5, 0.6) is 0 Å². The Bertz CT molecular complexity index is 536. The molecular weight excluding hydrogens is 372 g/mol. The standard InChI is InChI=1S/C14H14Br2N2O/c1-9-13(15)5-3-11(17-9)7-19-8-12-4-6-14(16)10(2)18-12/h3-6H,7-8H2,1-2H3. The highest BCUT2D eigenvalue weighted by Gasteiger charge is 2.02. The Labute approximate surface area is 129 Å². The third-order valence-corrected chi connectivity index (χ3v) is 4.33. The van der Waals surface area contributed by atoms with Gasteiger partial charge in [-0.3, -0.25) is 9.97 Å². The lowest BCUT2D eigenvalue weighted by Gasteiger charge is -2.06. The summed E-state index contributed by atoms with van der Waals surface area (Å²) >= 11 is 6.86. The molecule has 0 unspecified atom stereocenters. The number of pyridine rings is 2. The van der Waals surface area contributed by atoms with E-state index in [9.17, 15) is 0 Å². The molecule has 0 atom stereocenters. The first-order valence-electron chi connectivity index (χ1n) is 5.88. The van der Waals surface area contributed by atoms with Gasteiger partial charge in [-0.2, -0.15) is 0 Å². The average molecular weight is 386 g/mol. The van der Waals surface area contributed by atoms with Crippen molar-refractivity contribution in [2.45, 2.75) is 27.1 Å². The number of halogens is 2. The SMILES string of the molecule is Cc1nc(COCc2ccc(Br)c(C)n2)ccc1Br. The minimum atomic E-state index is 0.491. The van der Waals surface area contributed by atoms with Crippen molar-refractivity contribution in [1.82, 2.24) is 9.97 Å². The molecule has 100 valence electrons. The Balaban J connectivity index is 1.92. The van der Waals surface area contributed by atoms with Crippen molar-refractivity contribution in [3.05, 3.63) is 56.0 Å². The number of aryl methyl sites for hydroxylation is 2. The first-order valence-corrected chi connectivity index (χ1v) is 7.46. The molecule has 0 N–H and O–H groups in total. The smallest absolute Gasteiger partial charge is 0.0893 e. The fourth-order valence-electron chi connectivity index (χ4n) is 1.61. The molecule has 2 heterocycles.